The summed E-state index contributed by atoms with van der Waals surface area (Å²) in [7, 11) is 0. The van der Waals surface area contributed by atoms with Crippen molar-refractivity contribution in [3.8, 4) is 5.75 Å². The summed E-state index contributed by atoms with van der Waals surface area (Å²) in [6.07, 6.45) is 4.32. The Morgan fingerprint density at radius 2 is 1.19 bits per heavy atom. The highest BCUT2D eigenvalue weighted by Gasteiger charge is 1.97. The second kappa shape index (κ2) is 10.3. The third-order valence-electron chi connectivity index (χ3n) is 4.39. The van der Waals surface area contributed by atoms with Crippen molar-refractivity contribution in [3.63, 3.8) is 0 Å². The number of ether oxygens (including phenoxy) is 1. The lowest BCUT2D eigenvalue weighted by Gasteiger charge is -2.09. The molecule has 0 amide bonds. The summed E-state index contributed by atoms with van der Waals surface area (Å²) in [5, 5.41) is 3.48. The molecular weight excluding hydrogens is 318 g/mol. The van der Waals surface area contributed by atoms with Crippen molar-refractivity contribution in [2.24, 2.45) is 0 Å². The van der Waals surface area contributed by atoms with Crippen molar-refractivity contribution in [2.75, 3.05) is 18.5 Å². The highest BCUT2D eigenvalue weighted by atomic mass is 16.5. The summed E-state index contributed by atoms with van der Waals surface area (Å²) in [6, 6.07) is 29.5. The van der Waals surface area contributed by atoms with E-state index in [4.69, 9.17) is 4.74 Å². The molecule has 0 radical (unpaired) electrons. The van der Waals surface area contributed by atoms with E-state index in [1.807, 2.05) is 12.1 Å². The number of aryl methyl sites for hydroxylation is 2. The van der Waals surface area contributed by atoms with Crippen LogP contribution in [0.4, 0.5) is 5.69 Å². The number of anilines is 1. The van der Waals surface area contributed by atoms with Crippen molar-refractivity contribution in [1.82, 2.24) is 0 Å². The minimum absolute atomic E-state index is 0.749. The maximum Gasteiger partial charge on any atom is 0.119 e. The Bertz CT molecular complexity index is 672. The van der Waals surface area contributed by atoms with Crippen LogP contribution in [0.5, 0.6) is 5.75 Å². The van der Waals surface area contributed by atoms with Crippen LogP contribution < -0.4 is 10.1 Å². The molecule has 0 fully saturated rings. The third kappa shape index (κ3) is 6.29. The second-order valence-corrected chi connectivity index (χ2v) is 6.48. The Morgan fingerprint density at radius 1 is 0.615 bits per heavy atom. The average Bonchev–Trinajstić information content (AvgIpc) is 2.71. The highest BCUT2D eigenvalue weighted by molar-refractivity contribution is 5.46. The summed E-state index contributed by atoms with van der Waals surface area (Å²) in [5.41, 5.74) is 3.91. The van der Waals surface area contributed by atoms with Gasteiger partial charge in [-0.15, -0.1) is 0 Å². The Hall–Kier alpha value is -2.74. The van der Waals surface area contributed by atoms with E-state index in [2.05, 4.69) is 78.1 Å². The Labute approximate surface area is 156 Å². The van der Waals surface area contributed by atoms with Gasteiger partial charge in [-0.05, 0) is 61.1 Å². The van der Waals surface area contributed by atoms with Gasteiger partial charge < -0.3 is 10.1 Å². The molecule has 0 aliphatic rings. The van der Waals surface area contributed by atoms with E-state index in [0.717, 1.165) is 50.3 Å². The van der Waals surface area contributed by atoms with Gasteiger partial charge in [0.05, 0.1) is 6.61 Å². The minimum atomic E-state index is 0.749. The largest absolute Gasteiger partial charge is 0.494 e. The predicted molar refractivity (Wildman–Crippen MR) is 110 cm³/mol. The number of hydrogen-bond donors (Lipinski definition) is 1. The summed E-state index contributed by atoms with van der Waals surface area (Å²) in [6.45, 7) is 1.73. The Kier molecular flexibility index (Phi) is 7.15. The zero-order valence-corrected chi connectivity index (χ0v) is 15.2. The molecule has 0 spiro atoms. The lowest BCUT2D eigenvalue weighted by atomic mass is 10.1. The molecule has 2 heteroatoms. The zero-order chi connectivity index (χ0) is 17.9. The molecule has 2 nitrogen and oxygen atoms in total. The van der Waals surface area contributed by atoms with E-state index in [-0.39, 0.29) is 0 Å². The fraction of sp³-hybridized carbons (Fsp3) is 0.250. The van der Waals surface area contributed by atoms with Crippen molar-refractivity contribution in [2.45, 2.75) is 25.7 Å². The maximum atomic E-state index is 5.84. The first-order valence-corrected chi connectivity index (χ1v) is 9.45. The van der Waals surface area contributed by atoms with Crippen molar-refractivity contribution >= 4 is 5.69 Å². The molecule has 3 aromatic rings. The van der Waals surface area contributed by atoms with Crippen LogP contribution in [-0.4, -0.2) is 13.2 Å². The monoisotopic (exact) mass is 345 g/mol. The zero-order valence-electron chi connectivity index (χ0n) is 15.2. The van der Waals surface area contributed by atoms with Gasteiger partial charge in [0.15, 0.2) is 0 Å². The van der Waals surface area contributed by atoms with E-state index < -0.39 is 0 Å². The molecule has 0 saturated heterocycles. The van der Waals surface area contributed by atoms with Crippen LogP contribution in [0.3, 0.4) is 0 Å². The van der Waals surface area contributed by atoms with Crippen LogP contribution in [-0.2, 0) is 12.8 Å². The average molecular weight is 345 g/mol. The van der Waals surface area contributed by atoms with E-state index in [9.17, 15) is 0 Å². The number of nitrogens with one attached hydrogen (secondary N) is 1. The molecule has 0 aromatic heterocycles. The van der Waals surface area contributed by atoms with Crippen molar-refractivity contribution in [3.05, 3.63) is 96.1 Å². The first-order chi connectivity index (χ1) is 12.9. The van der Waals surface area contributed by atoms with Crippen LogP contribution >= 0.6 is 0 Å². The molecule has 0 bridgehead atoms. The van der Waals surface area contributed by atoms with Gasteiger partial charge in [-0.25, -0.2) is 0 Å². The van der Waals surface area contributed by atoms with Crippen molar-refractivity contribution < 1.29 is 4.74 Å². The normalized spacial score (nSPS) is 10.5. The summed E-state index contributed by atoms with van der Waals surface area (Å²) in [5.74, 6) is 0.938. The molecule has 0 saturated carbocycles. The van der Waals surface area contributed by atoms with Gasteiger partial charge in [0, 0.05) is 12.2 Å². The SMILES string of the molecule is c1ccc(CCCNc2ccc(OCCCc3ccccc3)cc2)cc1. The molecule has 3 rings (SSSR count). The van der Waals surface area contributed by atoms with Gasteiger partial charge in [-0.1, -0.05) is 60.7 Å². The van der Waals surface area contributed by atoms with Gasteiger partial charge in [0.1, 0.15) is 5.75 Å². The van der Waals surface area contributed by atoms with Crippen LogP contribution in [0.15, 0.2) is 84.9 Å². The molecule has 26 heavy (non-hydrogen) atoms. The summed E-state index contributed by atoms with van der Waals surface area (Å²) >= 11 is 0. The van der Waals surface area contributed by atoms with Gasteiger partial charge in [0.25, 0.3) is 0 Å². The molecule has 1 N–H and O–H groups in total. The Balaban J connectivity index is 1.31. The Morgan fingerprint density at radius 3 is 1.81 bits per heavy atom. The third-order valence-corrected chi connectivity index (χ3v) is 4.39. The lowest BCUT2D eigenvalue weighted by molar-refractivity contribution is 0.311. The summed E-state index contributed by atoms with van der Waals surface area (Å²) in [4.78, 5) is 0. The molecule has 0 atom stereocenters. The van der Waals surface area contributed by atoms with Crippen LogP contribution in [0.1, 0.15) is 24.0 Å². The standard InChI is InChI=1S/C24H27NO/c1-3-9-21(10-4-1)13-7-19-25-23-15-17-24(18-16-23)26-20-8-14-22-11-5-2-6-12-22/h1-6,9-12,15-18,25H,7-8,13-14,19-20H2. The molecule has 0 heterocycles. The van der Waals surface area contributed by atoms with Crippen molar-refractivity contribution in [1.29, 1.82) is 0 Å². The summed E-state index contributed by atoms with van der Waals surface area (Å²) < 4.78 is 5.84. The molecule has 0 aliphatic heterocycles. The predicted octanol–water partition coefficient (Wildman–Crippen LogP) is 5.74. The smallest absolute Gasteiger partial charge is 0.119 e. The minimum Gasteiger partial charge on any atom is -0.494 e. The molecule has 0 aliphatic carbocycles. The molecule has 0 unspecified atom stereocenters. The van der Waals surface area contributed by atoms with Gasteiger partial charge in [0.2, 0.25) is 0 Å². The van der Waals surface area contributed by atoms with E-state index >= 15 is 0 Å². The van der Waals surface area contributed by atoms with Gasteiger partial charge in [-0.2, -0.15) is 0 Å². The van der Waals surface area contributed by atoms with E-state index in [1.165, 1.54) is 11.1 Å². The number of benzene rings is 3. The number of rotatable bonds is 10. The maximum absolute atomic E-state index is 5.84. The molecule has 3 aromatic carbocycles. The molecular formula is C24H27NO. The quantitative estimate of drug-likeness (QED) is 0.473. The van der Waals surface area contributed by atoms with Crippen LogP contribution in [0.25, 0.3) is 0 Å². The first kappa shape index (κ1) is 18.1. The van der Waals surface area contributed by atoms with Gasteiger partial charge >= 0.3 is 0 Å². The number of hydrogen-bond acceptors (Lipinski definition) is 2. The van der Waals surface area contributed by atoms with E-state index in [0.29, 0.717) is 0 Å². The molecule has 134 valence electrons. The second-order valence-electron chi connectivity index (χ2n) is 6.48. The van der Waals surface area contributed by atoms with Gasteiger partial charge in [-0.3, -0.25) is 0 Å². The fourth-order valence-electron chi connectivity index (χ4n) is 2.95. The van der Waals surface area contributed by atoms with Crippen LogP contribution in [0, 0.1) is 0 Å². The van der Waals surface area contributed by atoms with Crippen LogP contribution in [0.2, 0.25) is 0 Å². The highest BCUT2D eigenvalue weighted by Crippen LogP contribution is 2.16. The fourth-order valence-corrected chi connectivity index (χ4v) is 2.95. The topological polar surface area (TPSA) is 21.3 Å². The first-order valence-electron chi connectivity index (χ1n) is 9.45. The van der Waals surface area contributed by atoms with E-state index in [1.54, 1.807) is 0 Å². The lowest BCUT2D eigenvalue weighted by Crippen LogP contribution is -2.03.